The summed E-state index contributed by atoms with van der Waals surface area (Å²) in [4.78, 5) is 41.4. The van der Waals surface area contributed by atoms with Crippen molar-refractivity contribution in [3.8, 4) is 0 Å². The molecule has 4 rings (SSSR count). The van der Waals surface area contributed by atoms with Gasteiger partial charge in [0.1, 0.15) is 10.6 Å². The first-order valence-electron chi connectivity index (χ1n) is 11.4. The normalized spacial score (nSPS) is 17.3. The van der Waals surface area contributed by atoms with Crippen molar-refractivity contribution in [2.75, 3.05) is 32.7 Å². The van der Waals surface area contributed by atoms with Gasteiger partial charge in [-0.15, -0.1) is 0 Å². The van der Waals surface area contributed by atoms with E-state index < -0.39 is 10.0 Å². The summed E-state index contributed by atoms with van der Waals surface area (Å²) in [6, 6.07) is 4.56. The molecule has 2 aliphatic heterocycles. The Kier molecular flexibility index (Phi) is 6.59. The van der Waals surface area contributed by atoms with E-state index in [4.69, 9.17) is 4.52 Å². The monoisotopic (exact) mass is 488 g/mol. The van der Waals surface area contributed by atoms with Crippen LogP contribution in [0.4, 0.5) is 0 Å². The minimum atomic E-state index is -3.80. The van der Waals surface area contributed by atoms with Gasteiger partial charge in [0.05, 0.1) is 11.1 Å². The van der Waals surface area contributed by atoms with Crippen molar-refractivity contribution < 1.29 is 27.3 Å². The Balaban J connectivity index is 1.50. The van der Waals surface area contributed by atoms with Crippen molar-refractivity contribution in [1.82, 2.24) is 19.3 Å². The first-order chi connectivity index (χ1) is 16.2. The van der Waals surface area contributed by atoms with Crippen molar-refractivity contribution in [3.63, 3.8) is 0 Å². The second kappa shape index (κ2) is 9.30. The van der Waals surface area contributed by atoms with E-state index >= 15 is 0 Å². The van der Waals surface area contributed by atoms with Crippen LogP contribution in [0.5, 0.6) is 0 Å². The number of imide groups is 1. The molecular weight excluding hydrogens is 460 g/mol. The largest absolute Gasteiger partial charge is 0.360 e. The third kappa shape index (κ3) is 4.14. The number of rotatable bonds is 6. The molecule has 1 saturated heterocycles. The van der Waals surface area contributed by atoms with Gasteiger partial charge >= 0.3 is 0 Å². The second-order valence-electron chi connectivity index (χ2n) is 8.58. The van der Waals surface area contributed by atoms with Crippen LogP contribution in [-0.4, -0.2) is 78.1 Å². The van der Waals surface area contributed by atoms with Gasteiger partial charge in [-0.25, -0.2) is 8.42 Å². The summed E-state index contributed by atoms with van der Waals surface area (Å²) in [5.74, 6) is -0.773. The molecular formula is C23H28N4O6S. The zero-order chi connectivity index (χ0) is 24.6. The number of aryl methyl sites for hydroxylation is 2. The van der Waals surface area contributed by atoms with Crippen LogP contribution in [0.1, 0.15) is 68.7 Å². The second-order valence-corrected chi connectivity index (χ2v) is 10.5. The van der Waals surface area contributed by atoms with E-state index in [0.717, 1.165) is 12.8 Å². The maximum atomic E-state index is 13.2. The van der Waals surface area contributed by atoms with Crippen molar-refractivity contribution >= 4 is 27.7 Å². The minimum Gasteiger partial charge on any atom is -0.360 e. The highest BCUT2D eigenvalue weighted by molar-refractivity contribution is 7.89. The van der Waals surface area contributed by atoms with Crippen molar-refractivity contribution in [3.05, 3.63) is 46.3 Å². The van der Waals surface area contributed by atoms with Gasteiger partial charge in [0, 0.05) is 38.3 Å². The fourth-order valence-corrected chi connectivity index (χ4v) is 6.20. The van der Waals surface area contributed by atoms with Crippen LogP contribution in [0.2, 0.25) is 0 Å². The lowest BCUT2D eigenvalue weighted by Crippen LogP contribution is -2.37. The molecule has 34 heavy (non-hydrogen) atoms. The van der Waals surface area contributed by atoms with Gasteiger partial charge in [-0.1, -0.05) is 18.5 Å². The number of amides is 3. The maximum absolute atomic E-state index is 13.2. The molecule has 11 heteroatoms. The third-order valence-corrected chi connectivity index (χ3v) is 8.40. The van der Waals surface area contributed by atoms with Crippen molar-refractivity contribution in [2.24, 2.45) is 0 Å². The SMILES string of the molecule is CCCCN1C(=O)c2ccc(C(=O)N3CCCN(S(=O)(=O)c4c(C)noc4C)CC3)cc2C1=O. The molecule has 0 N–H and O–H groups in total. The predicted octanol–water partition coefficient (Wildman–Crippen LogP) is 2.22. The van der Waals surface area contributed by atoms with Gasteiger partial charge in [-0.05, 0) is 44.9 Å². The fraction of sp³-hybridized carbons (Fsp3) is 0.478. The van der Waals surface area contributed by atoms with Gasteiger partial charge in [0.2, 0.25) is 10.0 Å². The van der Waals surface area contributed by atoms with Crippen LogP contribution >= 0.6 is 0 Å². The van der Waals surface area contributed by atoms with E-state index in [1.54, 1.807) is 24.8 Å². The van der Waals surface area contributed by atoms with Crippen molar-refractivity contribution in [2.45, 2.75) is 44.9 Å². The van der Waals surface area contributed by atoms with E-state index in [1.165, 1.54) is 21.3 Å². The Morgan fingerprint density at radius 2 is 1.79 bits per heavy atom. The van der Waals surface area contributed by atoms with Crippen LogP contribution < -0.4 is 0 Å². The summed E-state index contributed by atoms with van der Waals surface area (Å²) >= 11 is 0. The molecule has 3 heterocycles. The Morgan fingerprint density at radius 1 is 1.06 bits per heavy atom. The lowest BCUT2D eigenvalue weighted by Gasteiger charge is -2.22. The van der Waals surface area contributed by atoms with Gasteiger partial charge < -0.3 is 9.42 Å². The van der Waals surface area contributed by atoms with Crippen LogP contribution in [0.3, 0.4) is 0 Å². The molecule has 10 nitrogen and oxygen atoms in total. The standard InChI is InChI=1S/C23H28N4O6S/c1-4-5-11-27-22(29)18-8-7-17(14-19(18)23(27)30)21(28)25-9-6-10-26(13-12-25)34(31,32)20-15(2)24-33-16(20)3/h7-8,14H,4-6,9-13H2,1-3H3. The van der Waals surface area contributed by atoms with Gasteiger partial charge in [0.25, 0.3) is 17.7 Å². The molecule has 2 aliphatic rings. The molecule has 0 spiro atoms. The Morgan fingerprint density at radius 3 is 2.47 bits per heavy atom. The average Bonchev–Trinajstić information content (AvgIpc) is 3.13. The van der Waals surface area contributed by atoms with E-state index in [1.807, 2.05) is 6.92 Å². The molecule has 0 radical (unpaired) electrons. The molecule has 3 amide bonds. The molecule has 2 aromatic rings. The first kappa shape index (κ1) is 24.1. The number of carbonyl (C=O) groups excluding carboxylic acids is 3. The molecule has 0 unspecified atom stereocenters. The summed E-state index contributed by atoms with van der Waals surface area (Å²) in [7, 11) is -3.80. The van der Waals surface area contributed by atoms with Crippen LogP contribution in [0.15, 0.2) is 27.6 Å². The third-order valence-electron chi connectivity index (χ3n) is 6.26. The topological polar surface area (TPSA) is 121 Å². The van der Waals surface area contributed by atoms with Gasteiger partial charge in [-0.3, -0.25) is 19.3 Å². The number of nitrogens with zero attached hydrogens (tertiary/aromatic N) is 4. The predicted molar refractivity (Wildman–Crippen MR) is 122 cm³/mol. The zero-order valence-electron chi connectivity index (χ0n) is 19.5. The average molecular weight is 489 g/mol. The fourth-order valence-electron chi connectivity index (χ4n) is 4.43. The molecule has 1 aromatic carbocycles. The number of unbranched alkanes of at least 4 members (excludes halogenated alkanes) is 1. The molecule has 0 atom stereocenters. The highest BCUT2D eigenvalue weighted by Crippen LogP contribution is 2.27. The van der Waals surface area contributed by atoms with E-state index in [0.29, 0.717) is 36.3 Å². The Hall–Kier alpha value is -3.05. The number of carbonyl (C=O) groups is 3. The van der Waals surface area contributed by atoms with Gasteiger partial charge in [-0.2, -0.15) is 4.31 Å². The van der Waals surface area contributed by atoms with Crippen molar-refractivity contribution in [1.29, 1.82) is 0 Å². The number of benzene rings is 1. The number of fused-ring (bicyclic) bond motifs is 1. The molecule has 182 valence electrons. The minimum absolute atomic E-state index is 0.0710. The molecule has 0 aliphatic carbocycles. The molecule has 0 bridgehead atoms. The van der Waals surface area contributed by atoms with E-state index in [2.05, 4.69) is 5.16 Å². The van der Waals surface area contributed by atoms with Gasteiger partial charge in [0.15, 0.2) is 5.76 Å². The summed E-state index contributed by atoms with van der Waals surface area (Å²) < 4.78 is 32.7. The van der Waals surface area contributed by atoms with Crippen LogP contribution in [0.25, 0.3) is 0 Å². The number of aromatic nitrogens is 1. The molecule has 0 saturated carbocycles. The van der Waals surface area contributed by atoms with E-state index in [9.17, 15) is 22.8 Å². The Bertz CT molecular complexity index is 1230. The summed E-state index contributed by atoms with van der Waals surface area (Å²) in [6.07, 6.45) is 2.04. The number of sulfonamides is 1. The lowest BCUT2D eigenvalue weighted by atomic mass is 10.0. The highest BCUT2D eigenvalue weighted by Gasteiger charge is 2.36. The first-order valence-corrected chi connectivity index (χ1v) is 12.8. The maximum Gasteiger partial charge on any atom is 0.261 e. The molecule has 1 aromatic heterocycles. The zero-order valence-corrected chi connectivity index (χ0v) is 20.4. The van der Waals surface area contributed by atoms with Crippen LogP contribution in [-0.2, 0) is 10.0 Å². The number of hydrogen-bond donors (Lipinski definition) is 0. The summed E-state index contributed by atoms with van der Waals surface area (Å²) in [6.45, 7) is 6.45. The highest BCUT2D eigenvalue weighted by atomic mass is 32.2. The quantitative estimate of drug-likeness (QED) is 0.572. The Labute approximate surface area is 198 Å². The summed E-state index contributed by atoms with van der Waals surface area (Å²) in [5, 5.41) is 3.74. The summed E-state index contributed by atoms with van der Waals surface area (Å²) in [5.41, 5.74) is 1.16. The van der Waals surface area contributed by atoms with E-state index in [-0.39, 0.29) is 53.6 Å². The molecule has 1 fully saturated rings. The lowest BCUT2D eigenvalue weighted by molar-refractivity contribution is 0.0652. The number of hydrogen-bond acceptors (Lipinski definition) is 7. The van der Waals surface area contributed by atoms with Crippen LogP contribution in [0, 0.1) is 13.8 Å². The smallest absolute Gasteiger partial charge is 0.261 e.